The number of rotatable bonds is 0. The van der Waals surface area contributed by atoms with Crippen LogP contribution >= 0.6 is 0 Å². The molecular formula is C2H4N2O4. The quantitative estimate of drug-likeness (QED) is 0.366. The summed E-state index contributed by atoms with van der Waals surface area (Å²) in [4.78, 5) is 22.5. The molecule has 0 aromatic carbocycles. The smallest absolute Gasteiger partial charge is 0.448 e. The lowest BCUT2D eigenvalue weighted by atomic mass is 11.2. The van der Waals surface area contributed by atoms with Gasteiger partial charge < -0.3 is 15.7 Å². The average molecular weight is 120 g/mol. The summed E-state index contributed by atoms with van der Waals surface area (Å²) in [5.41, 5.74) is 5.79. The maximum absolute atomic E-state index is 9.63. The van der Waals surface area contributed by atoms with Crippen molar-refractivity contribution in [2.45, 2.75) is 0 Å². The molecule has 0 saturated carbocycles. The van der Waals surface area contributed by atoms with E-state index in [9.17, 15) is 9.59 Å². The molecule has 4 N–H and O–H groups in total. The first-order valence-electron chi connectivity index (χ1n) is 1.58. The second kappa shape index (κ2) is 2.67. The molecular weight excluding hydrogens is 116 g/mol. The molecule has 0 aliphatic heterocycles. The van der Waals surface area contributed by atoms with E-state index in [0.29, 0.717) is 0 Å². The van der Waals surface area contributed by atoms with Gasteiger partial charge >= 0.3 is 12.2 Å². The average Bonchev–Trinajstić information content (AvgIpc) is 1.61. The molecule has 8 heavy (non-hydrogen) atoms. The maximum Gasteiger partial charge on any atom is 0.530 e. The largest absolute Gasteiger partial charge is 0.530 e. The number of carbonyl (C=O) groups excluding carboxylic acids is 1. The van der Waals surface area contributed by atoms with Crippen molar-refractivity contribution >= 4 is 12.2 Å². The van der Waals surface area contributed by atoms with Crippen LogP contribution < -0.4 is 11.2 Å². The van der Waals surface area contributed by atoms with E-state index in [1.807, 2.05) is 0 Å². The Balaban J connectivity index is 3.18. The van der Waals surface area contributed by atoms with Gasteiger partial charge in [0.05, 0.1) is 0 Å². The molecule has 46 valence electrons. The minimum atomic E-state index is -1.61. The molecule has 0 aliphatic rings. The number of nitrogens with one attached hydrogen (secondary N) is 1. The first-order chi connectivity index (χ1) is 3.63. The first-order valence-corrected chi connectivity index (χ1v) is 1.58. The van der Waals surface area contributed by atoms with Gasteiger partial charge in [0.1, 0.15) is 0 Å². The van der Waals surface area contributed by atoms with Crippen LogP contribution in [0.25, 0.3) is 0 Å². The third-order valence-corrected chi connectivity index (χ3v) is 0.239. The number of nitrogens with two attached hydrogens (primary N) is 1. The summed E-state index contributed by atoms with van der Waals surface area (Å²) >= 11 is 0. The van der Waals surface area contributed by atoms with E-state index in [4.69, 9.17) is 5.11 Å². The van der Waals surface area contributed by atoms with Crippen LogP contribution in [0.15, 0.2) is 0 Å². The molecule has 0 bridgehead atoms. The molecule has 0 radical (unpaired) electrons. The Hall–Kier alpha value is -1.46. The zero-order valence-corrected chi connectivity index (χ0v) is 3.75. The monoisotopic (exact) mass is 120 g/mol. The molecule has 6 heteroatoms. The molecule has 0 fully saturated rings. The Morgan fingerprint density at radius 3 is 2.25 bits per heavy atom. The standard InChI is InChI=1S/C2H4N2O4/c3-1(5)4-8-2(6)7/h(H,6,7)(H3,3,4,5). The fraction of sp³-hybridized carbons (Fsp3) is 0. The molecule has 0 atom stereocenters. The van der Waals surface area contributed by atoms with Crippen LogP contribution in [-0.4, -0.2) is 17.3 Å². The van der Waals surface area contributed by atoms with Crippen LogP contribution in [-0.2, 0) is 4.84 Å². The lowest BCUT2D eigenvalue weighted by molar-refractivity contribution is 0.0576. The van der Waals surface area contributed by atoms with Gasteiger partial charge in [0.25, 0.3) is 0 Å². The van der Waals surface area contributed by atoms with Crippen molar-refractivity contribution in [2.75, 3.05) is 0 Å². The predicted molar refractivity (Wildman–Crippen MR) is 21.8 cm³/mol. The van der Waals surface area contributed by atoms with Gasteiger partial charge in [-0.1, -0.05) is 0 Å². The summed E-state index contributed by atoms with van der Waals surface area (Å²) in [7, 11) is 0. The molecule has 0 aromatic rings. The third-order valence-electron chi connectivity index (χ3n) is 0.239. The summed E-state index contributed by atoms with van der Waals surface area (Å²) in [5.74, 6) is 0. The fourth-order valence-corrected chi connectivity index (χ4v) is 0.0940. The van der Waals surface area contributed by atoms with Crippen LogP contribution in [0.1, 0.15) is 0 Å². The molecule has 0 aromatic heterocycles. The topological polar surface area (TPSA) is 102 Å². The summed E-state index contributed by atoms with van der Waals surface area (Å²) in [5, 5.41) is 7.67. The second-order valence-electron chi connectivity index (χ2n) is 0.834. The third kappa shape index (κ3) is 4.54. The van der Waals surface area contributed by atoms with Crippen molar-refractivity contribution in [3.63, 3.8) is 0 Å². The molecule has 2 amide bonds. The SMILES string of the molecule is NC(=O)NOC(=O)O. The normalized spacial score (nSPS) is 7.50. The van der Waals surface area contributed by atoms with Gasteiger partial charge in [0, 0.05) is 0 Å². The van der Waals surface area contributed by atoms with Gasteiger partial charge in [-0.2, -0.15) is 5.48 Å². The maximum atomic E-state index is 9.63. The first kappa shape index (κ1) is 6.54. The van der Waals surface area contributed by atoms with Crippen molar-refractivity contribution < 1.29 is 19.5 Å². The van der Waals surface area contributed by atoms with Crippen LogP contribution in [0.4, 0.5) is 9.59 Å². The van der Waals surface area contributed by atoms with Crippen LogP contribution in [0.2, 0.25) is 0 Å². The number of hydrogen-bond donors (Lipinski definition) is 3. The highest BCUT2D eigenvalue weighted by Crippen LogP contribution is 1.65. The van der Waals surface area contributed by atoms with Crippen molar-refractivity contribution in [1.29, 1.82) is 0 Å². The Bertz CT molecular complexity index is 96.6. The number of carboxylic acid groups (broad SMARTS) is 1. The highest BCUT2D eigenvalue weighted by atomic mass is 16.8. The Morgan fingerprint density at radius 2 is 2.12 bits per heavy atom. The molecule has 0 rings (SSSR count). The Morgan fingerprint density at radius 1 is 1.62 bits per heavy atom. The van der Waals surface area contributed by atoms with Crippen LogP contribution in [0.5, 0.6) is 0 Å². The lowest BCUT2D eigenvalue weighted by Gasteiger charge is -1.93. The lowest BCUT2D eigenvalue weighted by Crippen LogP contribution is -2.31. The van der Waals surface area contributed by atoms with E-state index >= 15 is 0 Å². The Kier molecular flexibility index (Phi) is 2.18. The number of primary amides is 1. The molecule has 0 spiro atoms. The molecule has 0 heterocycles. The van der Waals surface area contributed by atoms with E-state index < -0.39 is 12.2 Å². The summed E-state index contributed by atoms with van der Waals surface area (Å²) < 4.78 is 0. The van der Waals surface area contributed by atoms with Gasteiger partial charge in [-0.05, 0) is 0 Å². The highest BCUT2D eigenvalue weighted by molar-refractivity contribution is 5.72. The predicted octanol–water partition coefficient (Wildman–Crippen LogP) is -0.736. The van der Waals surface area contributed by atoms with E-state index in [-0.39, 0.29) is 0 Å². The fourth-order valence-electron chi connectivity index (χ4n) is 0.0940. The molecule has 0 saturated heterocycles. The number of carbonyl (C=O) groups is 2. The van der Waals surface area contributed by atoms with Gasteiger partial charge in [0.15, 0.2) is 0 Å². The van der Waals surface area contributed by atoms with E-state index in [0.717, 1.165) is 0 Å². The molecule has 0 unspecified atom stereocenters. The number of amides is 2. The van der Waals surface area contributed by atoms with Crippen molar-refractivity contribution in [3.05, 3.63) is 0 Å². The van der Waals surface area contributed by atoms with Gasteiger partial charge in [-0.25, -0.2) is 9.59 Å². The molecule has 0 aliphatic carbocycles. The van der Waals surface area contributed by atoms with Gasteiger partial charge in [0.2, 0.25) is 0 Å². The summed E-state index contributed by atoms with van der Waals surface area (Å²) in [6.07, 6.45) is -1.61. The molecule has 6 nitrogen and oxygen atoms in total. The number of urea groups is 1. The minimum Gasteiger partial charge on any atom is -0.448 e. The van der Waals surface area contributed by atoms with Crippen molar-refractivity contribution in [2.24, 2.45) is 5.73 Å². The van der Waals surface area contributed by atoms with E-state index in [2.05, 4.69) is 10.6 Å². The second-order valence-corrected chi connectivity index (χ2v) is 0.834. The van der Waals surface area contributed by atoms with Crippen molar-refractivity contribution in [1.82, 2.24) is 5.48 Å². The van der Waals surface area contributed by atoms with Crippen LogP contribution in [0, 0.1) is 0 Å². The highest BCUT2D eigenvalue weighted by Gasteiger charge is 1.95. The van der Waals surface area contributed by atoms with E-state index in [1.54, 1.807) is 0 Å². The number of hydrogen-bond acceptors (Lipinski definition) is 3. The summed E-state index contributed by atoms with van der Waals surface area (Å²) in [6, 6.07) is -1.05. The van der Waals surface area contributed by atoms with Gasteiger partial charge in [-0.3, -0.25) is 0 Å². The van der Waals surface area contributed by atoms with Crippen molar-refractivity contribution in [3.8, 4) is 0 Å². The Labute approximate surface area is 44.2 Å². The zero-order chi connectivity index (χ0) is 6.57. The van der Waals surface area contributed by atoms with Gasteiger partial charge in [-0.15, -0.1) is 0 Å². The summed E-state index contributed by atoms with van der Waals surface area (Å²) in [6.45, 7) is 0. The number of hydroxylamine groups is 1. The van der Waals surface area contributed by atoms with Crippen LogP contribution in [0.3, 0.4) is 0 Å². The minimum absolute atomic E-state index is 1.05. The van der Waals surface area contributed by atoms with E-state index in [1.165, 1.54) is 5.48 Å². The zero-order valence-electron chi connectivity index (χ0n) is 3.75.